The maximum absolute atomic E-state index is 12.4. The van der Waals surface area contributed by atoms with E-state index in [1.807, 2.05) is 13.8 Å². The number of ether oxygens (including phenoxy) is 1. The van der Waals surface area contributed by atoms with Crippen molar-refractivity contribution < 1.29 is 26.9 Å². The van der Waals surface area contributed by atoms with Gasteiger partial charge in [0.25, 0.3) is 0 Å². The molecule has 7 nitrogen and oxygen atoms in total. The zero-order chi connectivity index (χ0) is 19.7. The molecule has 0 saturated carbocycles. The van der Waals surface area contributed by atoms with Gasteiger partial charge in [0.1, 0.15) is 5.75 Å². The van der Waals surface area contributed by atoms with Crippen LogP contribution in [0.1, 0.15) is 46.1 Å². The standard InChI is InChI=1S/C18H27NO6S/c1-5-24-18(21)12-11-17(20)19(14(3)4)13-15-7-9-16(10-8-15)25-26(22,23)6-2/h7-10,14H,5-6,11-13H2,1-4H3. The molecule has 146 valence electrons. The van der Waals surface area contributed by atoms with Crippen molar-refractivity contribution in [3.63, 3.8) is 0 Å². The Balaban J connectivity index is 2.72. The molecule has 0 radical (unpaired) electrons. The van der Waals surface area contributed by atoms with E-state index in [9.17, 15) is 18.0 Å². The quantitative estimate of drug-likeness (QED) is 0.454. The molecule has 0 fully saturated rings. The van der Waals surface area contributed by atoms with Crippen molar-refractivity contribution >= 4 is 22.0 Å². The van der Waals surface area contributed by atoms with Gasteiger partial charge < -0.3 is 13.8 Å². The first-order valence-electron chi connectivity index (χ1n) is 8.64. The second kappa shape index (κ2) is 10.2. The second-order valence-corrected chi connectivity index (χ2v) is 7.85. The van der Waals surface area contributed by atoms with Gasteiger partial charge in [-0.05, 0) is 45.4 Å². The number of esters is 1. The van der Waals surface area contributed by atoms with Crippen molar-refractivity contribution in [3.05, 3.63) is 29.8 Å². The Morgan fingerprint density at radius 3 is 2.19 bits per heavy atom. The lowest BCUT2D eigenvalue weighted by molar-refractivity contribution is -0.146. The highest BCUT2D eigenvalue weighted by molar-refractivity contribution is 7.87. The van der Waals surface area contributed by atoms with E-state index >= 15 is 0 Å². The molecular weight excluding hydrogens is 358 g/mol. The molecule has 0 aliphatic rings. The van der Waals surface area contributed by atoms with Crippen LogP contribution in [0.2, 0.25) is 0 Å². The molecule has 0 aliphatic heterocycles. The third kappa shape index (κ3) is 7.43. The van der Waals surface area contributed by atoms with E-state index in [1.165, 1.54) is 6.92 Å². The lowest BCUT2D eigenvalue weighted by atomic mass is 10.1. The number of carbonyl (C=O) groups excluding carboxylic acids is 2. The van der Waals surface area contributed by atoms with Crippen LogP contribution in [0, 0.1) is 0 Å². The van der Waals surface area contributed by atoms with E-state index in [2.05, 4.69) is 0 Å². The summed E-state index contributed by atoms with van der Waals surface area (Å²) >= 11 is 0. The monoisotopic (exact) mass is 385 g/mol. The minimum atomic E-state index is -3.56. The third-order valence-electron chi connectivity index (χ3n) is 3.65. The molecule has 0 bridgehead atoms. The summed E-state index contributed by atoms with van der Waals surface area (Å²) in [6, 6.07) is 6.51. The van der Waals surface area contributed by atoms with Gasteiger partial charge in [0.05, 0.1) is 18.8 Å². The average molecular weight is 385 g/mol. The highest BCUT2D eigenvalue weighted by atomic mass is 32.2. The Bertz CT molecular complexity index is 697. The predicted molar refractivity (Wildman–Crippen MR) is 98.1 cm³/mol. The minimum Gasteiger partial charge on any atom is -0.466 e. The van der Waals surface area contributed by atoms with Gasteiger partial charge in [-0.2, -0.15) is 8.42 Å². The van der Waals surface area contributed by atoms with Gasteiger partial charge in [-0.1, -0.05) is 12.1 Å². The van der Waals surface area contributed by atoms with Crippen molar-refractivity contribution in [2.24, 2.45) is 0 Å². The SMILES string of the molecule is CCOC(=O)CCC(=O)N(Cc1ccc(OS(=O)(=O)CC)cc1)C(C)C. The Morgan fingerprint density at radius 1 is 1.08 bits per heavy atom. The van der Waals surface area contributed by atoms with Crippen LogP contribution < -0.4 is 4.18 Å². The lowest BCUT2D eigenvalue weighted by Gasteiger charge is -2.27. The van der Waals surface area contributed by atoms with Crippen LogP contribution in [0.3, 0.4) is 0 Å². The van der Waals surface area contributed by atoms with Crippen LogP contribution >= 0.6 is 0 Å². The van der Waals surface area contributed by atoms with E-state index in [1.54, 1.807) is 36.1 Å². The highest BCUT2D eigenvalue weighted by Crippen LogP contribution is 2.17. The summed E-state index contributed by atoms with van der Waals surface area (Å²) in [5.41, 5.74) is 0.837. The Morgan fingerprint density at radius 2 is 1.69 bits per heavy atom. The number of amides is 1. The van der Waals surface area contributed by atoms with Gasteiger partial charge >= 0.3 is 16.1 Å². The minimum absolute atomic E-state index is 0.0407. The van der Waals surface area contributed by atoms with Gasteiger partial charge in [0, 0.05) is 19.0 Å². The zero-order valence-electron chi connectivity index (χ0n) is 15.7. The normalized spacial score (nSPS) is 11.3. The van der Waals surface area contributed by atoms with E-state index in [4.69, 9.17) is 8.92 Å². The van der Waals surface area contributed by atoms with Crippen LogP contribution in [-0.4, -0.2) is 43.6 Å². The average Bonchev–Trinajstić information content (AvgIpc) is 2.58. The highest BCUT2D eigenvalue weighted by Gasteiger charge is 2.19. The molecule has 0 atom stereocenters. The van der Waals surface area contributed by atoms with E-state index in [0.717, 1.165) is 5.56 Å². The largest absolute Gasteiger partial charge is 0.466 e. The first-order chi connectivity index (χ1) is 12.2. The van der Waals surface area contributed by atoms with Crippen LogP contribution in [0.25, 0.3) is 0 Å². The molecule has 26 heavy (non-hydrogen) atoms. The Kier molecular flexibility index (Phi) is 8.57. The fourth-order valence-electron chi connectivity index (χ4n) is 2.20. The third-order valence-corrected chi connectivity index (χ3v) is 4.80. The molecule has 0 aliphatic carbocycles. The summed E-state index contributed by atoms with van der Waals surface area (Å²) in [7, 11) is -3.56. The molecule has 0 spiro atoms. The second-order valence-electron chi connectivity index (χ2n) is 5.99. The van der Waals surface area contributed by atoms with Crippen LogP contribution in [0.4, 0.5) is 0 Å². The molecule has 0 N–H and O–H groups in total. The molecule has 0 heterocycles. The molecule has 1 amide bonds. The van der Waals surface area contributed by atoms with Gasteiger partial charge in [-0.3, -0.25) is 9.59 Å². The van der Waals surface area contributed by atoms with Gasteiger partial charge in [-0.15, -0.1) is 0 Å². The maximum atomic E-state index is 12.4. The van der Waals surface area contributed by atoms with E-state index < -0.39 is 10.1 Å². The predicted octanol–water partition coefficient (Wildman–Crippen LogP) is 2.50. The van der Waals surface area contributed by atoms with Crippen molar-refractivity contribution in [1.29, 1.82) is 0 Å². The summed E-state index contributed by atoms with van der Waals surface area (Å²) in [6.45, 7) is 7.68. The fraction of sp³-hybridized carbons (Fsp3) is 0.556. The van der Waals surface area contributed by atoms with Gasteiger partial charge in [0.2, 0.25) is 5.91 Å². The molecule has 1 aromatic carbocycles. The summed E-state index contributed by atoms with van der Waals surface area (Å²) in [5, 5.41) is 0. The lowest BCUT2D eigenvalue weighted by Crippen LogP contribution is -2.36. The smallest absolute Gasteiger partial charge is 0.308 e. The van der Waals surface area contributed by atoms with E-state index in [0.29, 0.717) is 13.2 Å². The Hall–Kier alpha value is -2.09. The molecule has 0 unspecified atom stereocenters. The van der Waals surface area contributed by atoms with Crippen molar-refractivity contribution in [1.82, 2.24) is 4.90 Å². The molecular formula is C18H27NO6S. The number of hydrogen-bond donors (Lipinski definition) is 0. The summed E-state index contributed by atoms with van der Waals surface area (Å²) < 4.78 is 32.7. The van der Waals surface area contributed by atoms with Crippen LogP contribution in [0.15, 0.2) is 24.3 Å². The number of carbonyl (C=O) groups is 2. The first-order valence-corrected chi connectivity index (χ1v) is 10.2. The van der Waals surface area contributed by atoms with Crippen LogP contribution in [0.5, 0.6) is 5.75 Å². The van der Waals surface area contributed by atoms with E-state index in [-0.39, 0.29) is 42.3 Å². The molecule has 1 aromatic rings. The zero-order valence-corrected chi connectivity index (χ0v) is 16.5. The number of rotatable bonds is 10. The fourth-order valence-corrected chi connectivity index (χ4v) is 2.72. The Labute approximate surface area is 155 Å². The number of nitrogens with zero attached hydrogens (tertiary/aromatic N) is 1. The maximum Gasteiger partial charge on any atom is 0.308 e. The molecule has 8 heteroatoms. The number of hydrogen-bond acceptors (Lipinski definition) is 6. The summed E-state index contributed by atoms with van der Waals surface area (Å²) in [4.78, 5) is 25.5. The van der Waals surface area contributed by atoms with Crippen molar-refractivity contribution in [2.45, 2.75) is 53.1 Å². The molecule has 1 rings (SSSR count). The van der Waals surface area contributed by atoms with Gasteiger partial charge in [-0.25, -0.2) is 0 Å². The molecule has 0 aromatic heterocycles. The first kappa shape index (κ1) is 22.0. The van der Waals surface area contributed by atoms with Crippen LogP contribution in [-0.2, 0) is 31.0 Å². The van der Waals surface area contributed by atoms with Crippen molar-refractivity contribution in [2.75, 3.05) is 12.4 Å². The van der Waals surface area contributed by atoms with Crippen molar-refractivity contribution in [3.8, 4) is 5.75 Å². The topological polar surface area (TPSA) is 90.0 Å². The van der Waals surface area contributed by atoms with Gasteiger partial charge in [0.15, 0.2) is 0 Å². The molecule has 0 saturated heterocycles. The summed E-state index contributed by atoms with van der Waals surface area (Å²) in [6.07, 6.45) is 0.143. The summed E-state index contributed by atoms with van der Waals surface area (Å²) in [5.74, 6) is -0.393. The number of benzene rings is 1.